The van der Waals surface area contributed by atoms with Gasteiger partial charge in [0.1, 0.15) is 5.75 Å². The zero-order chi connectivity index (χ0) is 19.9. The smallest absolute Gasteiger partial charge is 0.266 e. The van der Waals surface area contributed by atoms with E-state index in [2.05, 4.69) is 4.72 Å². The van der Waals surface area contributed by atoms with Crippen LogP contribution in [0.4, 0.5) is 11.4 Å². The third kappa shape index (κ3) is 2.89. The lowest BCUT2D eigenvalue weighted by molar-refractivity contribution is 0.0925. The summed E-state index contributed by atoms with van der Waals surface area (Å²) in [6.07, 6.45) is 0. The van der Waals surface area contributed by atoms with Gasteiger partial charge in [-0.15, -0.1) is 0 Å². The summed E-state index contributed by atoms with van der Waals surface area (Å²) in [6.45, 7) is 0. The molecule has 0 aromatic heterocycles. The number of anilines is 2. The van der Waals surface area contributed by atoms with Crippen molar-refractivity contribution in [1.82, 2.24) is 0 Å². The van der Waals surface area contributed by atoms with Crippen molar-refractivity contribution < 1.29 is 23.1 Å². The Labute approximate surface area is 160 Å². The number of aromatic hydroxyl groups is 1. The van der Waals surface area contributed by atoms with Crippen molar-refractivity contribution in [3.8, 4) is 5.75 Å². The van der Waals surface area contributed by atoms with Gasteiger partial charge in [0.15, 0.2) is 0 Å². The van der Waals surface area contributed by atoms with Crippen molar-refractivity contribution in [1.29, 1.82) is 0 Å². The van der Waals surface area contributed by atoms with Gasteiger partial charge in [-0.3, -0.25) is 14.3 Å². The topological polar surface area (TPSA) is 104 Å². The normalized spacial score (nSPS) is 13.5. The number of carbonyl (C=O) groups is 2. The predicted octanol–water partition coefficient (Wildman–Crippen LogP) is 2.99. The monoisotopic (exact) mass is 394 g/mol. The number of imide groups is 1. The van der Waals surface area contributed by atoms with Crippen LogP contribution in [0.1, 0.15) is 20.7 Å². The maximum Gasteiger partial charge on any atom is 0.266 e. The number of phenolic OH excluding ortho intramolecular Hbond substituents is 1. The number of carbonyl (C=O) groups excluding carboxylic acids is 2. The number of hydrogen-bond acceptors (Lipinski definition) is 5. The molecular weight excluding hydrogens is 380 g/mol. The van der Waals surface area contributed by atoms with Crippen LogP contribution in [-0.4, -0.2) is 25.3 Å². The first kappa shape index (κ1) is 17.7. The highest BCUT2D eigenvalue weighted by molar-refractivity contribution is 7.92. The van der Waals surface area contributed by atoms with Crippen molar-refractivity contribution >= 4 is 33.2 Å². The lowest BCUT2D eigenvalue weighted by Gasteiger charge is -2.17. The molecule has 0 aliphatic carbocycles. The number of hydrogen-bond donors (Lipinski definition) is 2. The molecule has 2 N–H and O–H groups in total. The Kier molecular flexibility index (Phi) is 4.12. The molecule has 0 fully saturated rings. The van der Waals surface area contributed by atoms with Gasteiger partial charge >= 0.3 is 0 Å². The lowest BCUT2D eigenvalue weighted by atomic mass is 10.1. The summed E-state index contributed by atoms with van der Waals surface area (Å²) >= 11 is 0. The van der Waals surface area contributed by atoms with E-state index in [0.29, 0.717) is 0 Å². The van der Waals surface area contributed by atoms with E-state index in [4.69, 9.17) is 0 Å². The third-order valence-electron chi connectivity index (χ3n) is 4.32. The van der Waals surface area contributed by atoms with Crippen molar-refractivity contribution in [3.63, 3.8) is 0 Å². The van der Waals surface area contributed by atoms with Gasteiger partial charge in [0.2, 0.25) is 0 Å². The van der Waals surface area contributed by atoms with E-state index in [9.17, 15) is 23.1 Å². The molecule has 1 heterocycles. The number of nitrogens with zero attached hydrogens (tertiary/aromatic N) is 1. The van der Waals surface area contributed by atoms with E-state index in [1.54, 1.807) is 30.3 Å². The van der Waals surface area contributed by atoms with Gasteiger partial charge in [-0.2, -0.15) is 0 Å². The Hall–Kier alpha value is -3.65. The zero-order valence-corrected chi connectivity index (χ0v) is 15.2. The molecule has 3 aromatic carbocycles. The molecular formula is C20H14N2O5S. The van der Waals surface area contributed by atoms with Crippen LogP contribution in [0.15, 0.2) is 77.7 Å². The van der Waals surface area contributed by atoms with Gasteiger partial charge in [-0.25, -0.2) is 13.3 Å². The van der Waals surface area contributed by atoms with Crippen molar-refractivity contribution in [2.45, 2.75) is 4.90 Å². The second-order valence-corrected chi connectivity index (χ2v) is 7.80. The Bertz CT molecular complexity index is 1170. The van der Waals surface area contributed by atoms with Gasteiger partial charge in [0.05, 0.1) is 27.4 Å². The third-order valence-corrected chi connectivity index (χ3v) is 5.71. The van der Waals surface area contributed by atoms with E-state index >= 15 is 0 Å². The van der Waals surface area contributed by atoms with Crippen molar-refractivity contribution in [2.24, 2.45) is 0 Å². The van der Waals surface area contributed by atoms with Gasteiger partial charge < -0.3 is 5.11 Å². The largest absolute Gasteiger partial charge is 0.506 e. The number of phenols is 1. The van der Waals surface area contributed by atoms with Gasteiger partial charge in [-0.1, -0.05) is 30.3 Å². The minimum atomic E-state index is -3.87. The maximum atomic E-state index is 12.6. The summed E-state index contributed by atoms with van der Waals surface area (Å²) in [6, 6.07) is 17.9. The highest BCUT2D eigenvalue weighted by Crippen LogP contribution is 2.36. The quantitative estimate of drug-likeness (QED) is 0.523. The first-order chi connectivity index (χ1) is 13.4. The second-order valence-electron chi connectivity index (χ2n) is 6.11. The van der Waals surface area contributed by atoms with E-state index in [-0.39, 0.29) is 33.1 Å². The fourth-order valence-corrected chi connectivity index (χ4v) is 4.06. The minimum absolute atomic E-state index is 0.0605. The Morgan fingerprint density at radius 1 is 0.786 bits per heavy atom. The maximum absolute atomic E-state index is 12.6. The molecule has 0 saturated carbocycles. The summed E-state index contributed by atoms with van der Waals surface area (Å²) < 4.78 is 27.4. The number of amides is 2. The molecule has 8 heteroatoms. The zero-order valence-electron chi connectivity index (χ0n) is 14.4. The molecule has 2 amide bonds. The minimum Gasteiger partial charge on any atom is -0.506 e. The summed E-state index contributed by atoms with van der Waals surface area (Å²) in [5, 5.41) is 10.2. The number of rotatable bonds is 4. The molecule has 1 aliphatic rings. The first-order valence-corrected chi connectivity index (χ1v) is 9.75. The highest BCUT2D eigenvalue weighted by Gasteiger charge is 2.37. The molecule has 1 aliphatic heterocycles. The molecule has 7 nitrogen and oxygen atoms in total. The van der Waals surface area contributed by atoms with Crippen LogP contribution in [0.5, 0.6) is 5.75 Å². The summed E-state index contributed by atoms with van der Waals surface area (Å²) in [4.78, 5) is 26.2. The van der Waals surface area contributed by atoms with Crippen LogP contribution in [0.25, 0.3) is 0 Å². The number of sulfonamides is 1. The van der Waals surface area contributed by atoms with Gasteiger partial charge in [0.25, 0.3) is 21.8 Å². The van der Waals surface area contributed by atoms with Crippen LogP contribution in [0.3, 0.4) is 0 Å². The fraction of sp³-hybridized carbons (Fsp3) is 0. The molecule has 0 unspecified atom stereocenters. The summed E-state index contributed by atoms with van der Waals surface area (Å²) in [5.41, 5.74) is 0.456. The number of benzene rings is 3. The molecule has 0 radical (unpaired) electrons. The lowest BCUT2D eigenvalue weighted by Crippen LogP contribution is -2.29. The van der Waals surface area contributed by atoms with Crippen molar-refractivity contribution in [3.05, 3.63) is 83.9 Å². The molecule has 28 heavy (non-hydrogen) atoms. The van der Waals surface area contributed by atoms with E-state index in [1.165, 1.54) is 42.5 Å². The standard InChI is InChI=1S/C20H14N2O5S/c23-18-11-10-13(21-28(26,27)14-6-2-1-3-7-14)12-17(18)22-19(24)15-8-4-5-9-16(15)20(22)25/h1-12,21,23H. The van der Waals surface area contributed by atoms with Crippen LogP contribution in [0, 0.1) is 0 Å². The Morgan fingerprint density at radius 3 is 1.96 bits per heavy atom. The van der Waals surface area contributed by atoms with E-state index < -0.39 is 21.8 Å². The van der Waals surface area contributed by atoms with Crippen LogP contribution in [0.2, 0.25) is 0 Å². The van der Waals surface area contributed by atoms with Gasteiger partial charge in [-0.05, 0) is 42.5 Å². The molecule has 0 bridgehead atoms. The summed E-state index contributed by atoms with van der Waals surface area (Å²) in [7, 11) is -3.87. The average Bonchev–Trinajstić information content (AvgIpc) is 2.95. The molecule has 0 saturated heterocycles. The van der Waals surface area contributed by atoms with Crippen LogP contribution in [-0.2, 0) is 10.0 Å². The van der Waals surface area contributed by atoms with Crippen LogP contribution < -0.4 is 9.62 Å². The number of nitrogens with one attached hydrogen (secondary N) is 1. The van der Waals surface area contributed by atoms with Crippen LogP contribution >= 0.6 is 0 Å². The molecule has 0 spiro atoms. The Balaban J connectivity index is 1.72. The average molecular weight is 394 g/mol. The van der Waals surface area contributed by atoms with Gasteiger partial charge in [0, 0.05) is 0 Å². The molecule has 3 aromatic rings. The second kappa shape index (κ2) is 6.50. The van der Waals surface area contributed by atoms with Crippen molar-refractivity contribution in [2.75, 3.05) is 9.62 Å². The SMILES string of the molecule is O=C1c2ccccc2C(=O)N1c1cc(NS(=O)(=O)c2ccccc2)ccc1O. The predicted molar refractivity (Wildman–Crippen MR) is 103 cm³/mol. The molecule has 140 valence electrons. The fourth-order valence-electron chi connectivity index (χ4n) is 2.99. The van der Waals surface area contributed by atoms with E-state index in [1.807, 2.05) is 0 Å². The highest BCUT2D eigenvalue weighted by atomic mass is 32.2. The molecule has 0 atom stereocenters. The summed E-state index contributed by atoms with van der Waals surface area (Å²) in [5.74, 6) is -1.49. The Morgan fingerprint density at radius 2 is 1.36 bits per heavy atom. The van der Waals surface area contributed by atoms with E-state index in [0.717, 1.165) is 4.90 Å². The number of fused-ring (bicyclic) bond motifs is 1. The first-order valence-electron chi connectivity index (χ1n) is 8.27. The molecule has 4 rings (SSSR count).